The van der Waals surface area contributed by atoms with Crippen LogP contribution in [0.3, 0.4) is 0 Å². The summed E-state index contributed by atoms with van der Waals surface area (Å²) in [6.45, 7) is 2.39. The highest BCUT2D eigenvalue weighted by Crippen LogP contribution is 2.35. The molecule has 0 bridgehead atoms. The summed E-state index contributed by atoms with van der Waals surface area (Å²) in [5.74, 6) is -2.68. The standard InChI is InChI=1S/C14H15Cl2F3N2O3/c1-3-11(22)21-13(14(17,18)19,12(23)24-4-2)20-8-5-6-9(15)10(16)7-8/h5-7,20H,3-4H2,1-2H3,(H,21,22). The lowest BCUT2D eigenvalue weighted by molar-refractivity contribution is -0.207. The minimum absolute atomic E-state index is 0.0246. The van der Waals surface area contributed by atoms with Gasteiger partial charge in [-0.2, -0.15) is 13.2 Å². The number of alkyl halides is 3. The molecule has 0 heterocycles. The van der Waals surface area contributed by atoms with Crippen LogP contribution in [0.2, 0.25) is 10.0 Å². The average Bonchev–Trinajstić information content (AvgIpc) is 2.49. The molecule has 0 saturated carbocycles. The number of hydrogen-bond donors (Lipinski definition) is 2. The second kappa shape index (κ2) is 7.94. The van der Waals surface area contributed by atoms with Crippen LogP contribution in [0.1, 0.15) is 20.3 Å². The first kappa shape index (κ1) is 20.4. The van der Waals surface area contributed by atoms with Crippen molar-refractivity contribution in [3.8, 4) is 0 Å². The molecular weight excluding hydrogens is 372 g/mol. The van der Waals surface area contributed by atoms with E-state index in [-0.39, 0.29) is 28.8 Å². The maximum absolute atomic E-state index is 13.7. The number of carbonyl (C=O) groups excluding carboxylic acids is 2. The molecule has 10 heteroatoms. The summed E-state index contributed by atoms with van der Waals surface area (Å²) in [7, 11) is 0. The zero-order valence-electron chi connectivity index (χ0n) is 12.8. The Morgan fingerprint density at radius 3 is 2.25 bits per heavy atom. The number of anilines is 1. The van der Waals surface area contributed by atoms with Crippen molar-refractivity contribution >= 4 is 40.8 Å². The van der Waals surface area contributed by atoms with Gasteiger partial charge in [0.1, 0.15) is 0 Å². The minimum Gasteiger partial charge on any atom is -0.463 e. The first-order valence-electron chi connectivity index (χ1n) is 6.85. The van der Waals surface area contributed by atoms with Crippen molar-refractivity contribution in [2.75, 3.05) is 11.9 Å². The fraction of sp³-hybridized carbons (Fsp3) is 0.429. The van der Waals surface area contributed by atoms with Crippen LogP contribution in [0.5, 0.6) is 0 Å². The lowest BCUT2D eigenvalue weighted by atomic mass is 10.1. The van der Waals surface area contributed by atoms with E-state index in [9.17, 15) is 22.8 Å². The molecule has 1 aromatic rings. The number of hydrogen-bond acceptors (Lipinski definition) is 4. The molecule has 1 aromatic carbocycles. The molecule has 0 fully saturated rings. The number of benzene rings is 1. The lowest BCUT2D eigenvalue weighted by Gasteiger charge is -2.35. The van der Waals surface area contributed by atoms with Crippen molar-refractivity contribution in [1.82, 2.24) is 5.32 Å². The van der Waals surface area contributed by atoms with Crippen LogP contribution in [0.4, 0.5) is 18.9 Å². The first-order valence-corrected chi connectivity index (χ1v) is 7.61. The predicted octanol–water partition coefficient (Wildman–Crippen LogP) is 3.75. The van der Waals surface area contributed by atoms with Crippen LogP contribution >= 0.6 is 23.2 Å². The van der Waals surface area contributed by atoms with Crippen LogP contribution < -0.4 is 10.6 Å². The summed E-state index contributed by atoms with van der Waals surface area (Å²) in [6, 6.07) is 3.54. The van der Waals surface area contributed by atoms with Gasteiger partial charge in [-0.25, -0.2) is 4.79 Å². The van der Waals surface area contributed by atoms with E-state index in [1.807, 2.05) is 5.32 Å². The monoisotopic (exact) mass is 386 g/mol. The molecule has 5 nitrogen and oxygen atoms in total. The van der Waals surface area contributed by atoms with E-state index in [2.05, 4.69) is 4.74 Å². The highest BCUT2D eigenvalue weighted by molar-refractivity contribution is 6.42. The average molecular weight is 387 g/mol. The van der Waals surface area contributed by atoms with E-state index in [1.165, 1.54) is 26.0 Å². The summed E-state index contributed by atoms with van der Waals surface area (Å²) in [4.78, 5) is 23.6. The number of halogens is 5. The van der Waals surface area contributed by atoms with Gasteiger partial charge < -0.3 is 15.4 Å². The lowest BCUT2D eigenvalue weighted by Crippen LogP contribution is -2.69. The first-order chi connectivity index (χ1) is 11.1. The smallest absolute Gasteiger partial charge is 0.441 e. The maximum atomic E-state index is 13.7. The predicted molar refractivity (Wildman–Crippen MR) is 83.9 cm³/mol. The van der Waals surface area contributed by atoms with E-state index in [4.69, 9.17) is 23.2 Å². The van der Waals surface area contributed by atoms with E-state index in [1.54, 1.807) is 5.32 Å². The van der Waals surface area contributed by atoms with Gasteiger partial charge in [0.15, 0.2) is 0 Å². The van der Waals surface area contributed by atoms with Gasteiger partial charge in [0.05, 0.1) is 16.7 Å². The number of rotatable bonds is 6. The summed E-state index contributed by atoms with van der Waals surface area (Å²) in [6.07, 6.45) is -5.45. The third-order valence-electron chi connectivity index (χ3n) is 2.91. The number of esters is 1. The van der Waals surface area contributed by atoms with Gasteiger partial charge in [-0.05, 0) is 25.1 Å². The Kier molecular flexibility index (Phi) is 6.74. The van der Waals surface area contributed by atoms with Crippen molar-refractivity contribution in [1.29, 1.82) is 0 Å². The minimum atomic E-state index is -5.18. The van der Waals surface area contributed by atoms with Crippen LogP contribution in [-0.4, -0.2) is 30.3 Å². The maximum Gasteiger partial charge on any atom is 0.441 e. The Morgan fingerprint density at radius 2 is 1.79 bits per heavy atom. The third-order valence-corrected chi connectivity index (χ3v) is 3.65. The van der Waals surface area contributed by atoms with Gasteiger partial charge in [-0.1, -0.05) is 30.1 Å². The van der Waals surface area contributed by atoms with E-state index in [0.717, 1.165) is 6.07 Å². The van der Waals surface area contributed by atoms with Gasteiger partial charge in [0, 0.05) is 12.1 Å². The van der Waals surface area contributed by atoms with Crippen LogP contribution in [0.15, 0.2) is 18.2 Å². The molecule has 0 spiro atoms. The van der Waals surface area contributed by atoms with Gasteiger partial charge in [-0.3, -0.25) is 4.79 Å². The summed E-state index contributed by atoms with van der Waals surface area (Å²) < 4.78 is 45.5. The molecule has 1 rings (SSSR count). The molecule has 0 aliphatic carbocycles. The fourth-order valence-corrected chi connectivity index (χ4v) is 2.02. The van der Waals surface area contributed by atoms with Crippen LogP contribution in [0.25, 0.3) is 0 Å². The molecular formula is C14H15Cl2F3N2O3. The number of nitrogens with one attached hydrogen (secondary N) is 2. The molecule has 1 amide bonds. The highest BCUT2D eigenvalue weighted by atomic mass is 35.5. The van der Waals surface area contributed by atoms with Gasteiger partial charge in [-0.15, -0.1) is 0 Å². The van der Waals surface area contributed by atoms with E-state index < -0.39 is 23.7 Å². The summed E-state index contributed by atoms with van der Waals surface area (Å²) in [5.41, 5.74) is -3.63. The van der Waals surface area contributed by atoms with Crippen molar-refractivity contribution in [3.05, 3.63) is 28.2 Å². The fourth-order valence-electron chi connectivity index (χ4n) is 1.72. The van der Waals surface area contributed by atoms with Gasteiger partial charge >= 0.3 is 17.8 Å². The third kappa shape index (κ3) is 4.45. The second-order valence-corrected chi connectivity index (χ2v) is 5.44. The van der Waals surface area contributed by atoms with Crippen molar-refractivity contribution < 1.29 is 27.5 Å². The van der Waals surface area contributed by atoms with E-state index in [0.29, 0.717) is 0 Å². The molecule has 0 radical (unpaired) electrons. The van der Waals surface area contributed by atoms with Gasteiger partial charge in [0.25, 0.3) is 0 Å². The molecule has 0 aliphatic heterocycles. The topological polar surface area (TPSA) is 67.4 Å². The van der Waals surface area contributed by atoms with Crippen molar-refractivity contribution in [2.45, 2.75) is 32.1 Å². The number of ether oxygens (including phenoxy) is 1. The second-order valence-electron chi connectivity index (χ2n) is 4.62. The summed E-state index contributed by atoms with van der Waals surface area (Å²) >= 11 is 11.5. The molecule has 0 saturated heterocycles. The van der Waals surface area contributed by atoms with Gasteiger partial charge in [0.2, 0.25) is 5.91 Å². The SMILES string of the molecule is CCOC(=O)C(NC(=O)CC)(Nc1ccc(Cl)c(Cl)c1)C(F)(F)F. The Bertz CT molecular complexity index is 626. The number of carbonyl (C=O) groups is 2. The molecule has 0 aromatic heterocycles. The Hall–Kier alpha value is -1.67. The van der Waals surface area contributed by atoms with Crippen LogP contribution in [-0.2, 0) is 14.3 Å². The zero-order chi connectivity index (χ0) is 18.5. The van der Waals surface area contributed by atoms with Crippen molar-refractivity contribution in [3.63, 3.8) is 0 Å². The molecule has 134 valence electrons. The zero-order valence-corrected chi connectivity index (χ0v) is 14.3. The Balaban J connectivity index is 3.39. The van der Waals surface area contributed by atoms with Crippen LogP contribution in [0, 0.1) is 0 Å². The molecule has 24 heavy (non-hydrogen) atoms. The summed E-state index contributed by atoms with van der Waals surface area (Å²) in [5, 5.41) is 3.73. The van der Waals surface area contributed by atoms with Crippen molar-refractivity contribution in [2.24, 2.45) is 0 Å². The van der Waals surface area contributed by atoms with E-state index >= 15 is 0 Å². The normalized spacial score (nSPS) is 13.8. The molecule has 1 unspecified atom stereocenters. The molecule has 1 atom stereocenters. The Morgan fingerprint density at radius 1 is 1.17 bits per heavy atom. The molecule has 0 aliphatic rings. The highest BCUT2D eigenvalue weighted by Gasteiger charge is 2.63. The number of amides is 1. The Labute approximate surface area is 146 Å². The quantitative estimate of drug-likeness (QED) is 0.576. The molecule has 2 N–H and O–H groups in total. The largest absolute Gasteiger partial charge is 0.463 e.